The highest BCUT2D eigenvalue weighted by Crippen LogP contribution is 2.24. The Kier molecular flexibility index (Phi) is 6.26. The molecule has 1 aliphatic rings. The Morgan fingerprint density at radius 1 is 1.00 bits per heavy atom. The minimum Gasteiger partial charge on any atom is -0.481 e. The number of fused-ring (bicyclic) bond motifs is 1. The second kappa shape index (κ2) is 8.84. The summed E-state index contributed by atoms with van der Waals surface area (Å²) in [5.74, 6) is -1.62. The van der Waals surface area contributed by atoms with Crippen molar-refractivity contribution in [1.29, 1.82) is 0 Å². The summed E-state index contributed by atoms with van der Waals surface area (Å²) < 4.78 is 5.27. The smallest absolute Gasteiger partial charge is 0.305 e. The van der Waals surface area contributed by atoms with Gasteiger partial charge in [0.25, 0.3) is 0 Å². The van der Waals surface area contributed by atoms with Crippen LogP contribution in [0.2, 0.25) is 0 Å². The molecule has 0 aromatic heterocycles. The van der Waals surface area contributed by atoms with E-state index in [4.69, 9.17) is 9.84 Å². The first-order chi connectivity index (χ1) is 13.5. The molecule has 0 spiro atoms. The Morgan fingerprint density at radius 3 is 2.46 bits per heavy atom. The van der Waals surface area contributed by atoms with Gasteiger partial charge >= 0.3 is 5.97 Å². The fourth-order valence-electron chi connectivity index (χ4n) is 3.60. The molecule has 0 radical (unpaired) electrons. The van der Waals surface area contributed by atoms with E-state index < -0.39 is 17.4 Å². The molecule has 3 N–H and O–H groups in total. The van der Waals surface area contributed by atoms with Crippen molar-refractivity contribution in [3.63, 3.8) is 0 Å². The van der Waals surface area contributed by atoms with Crippen LogP contribution in [0.15, 0.2) is 42.5 Å². The van der Waals surface area contributed by atoms with Gasteiger partial charge in [0.15, 0.2) is 0 Å². The molecule has 2 amide bonds. The molecular formula is C21H24N2O5. The van der Waals surface area contributed by atoms with Crippen LogP contribution < -0.4 is 10.6 Å². The van der Waals surface area contributed by atoms with Gasteiger partial charge in [0.05, 0.1) is 24.9 Å². The zero-order valence-electron chi connectivity index (χ0n) is 15.6. The third-order valence-corrected chi connectivity index (χ3v) is 5.02. The lowest BCUT2D eigenvalue weighted by Crippen LogP contribution is -2.55. The van der Waals surface area contributed by atoms with Gasteiger partial charge in [0.2, 0.25) is 11.8 Å². The number of benzene rings is 2. The van der Waals surface area contributed by atoms with Crippen molar-refractivity contribution >= 4 is 28.6 Å². The fourth-order valence-corrected chi connectivity index (χ4v) is 3.60. The van der Waals surface area contributed by atoms with E-state index in [0.29, 0.717) is 26.1 Å². The van der Waals surface area contributed by atoms with E-state index in [0.717, 1.165) is 16.3 Å². The highest BCUT2D eigenvalue weighted by molar-refractivity contribution is 5.91. The van der Waals surface area contributed by atoms with Gasteiger partial charge in [-0.2, -0.15) is 0 Å². The molecule has 0 atom stereocenters. The van der Waals surface area contributed by atoms with Crippen LogP contribution in [0.25, 0.3) is 10.8 Å². The summed E-state index contributed by atoms with van der Waals surface area (Å²) in [6.45, 7) is 0.619. The molecule has 3 rings (SSSR count). The van der Waals surface area contributed by atoms with Crippen LogP contribution in [-0.4, -0.2) is 48.2 Å². The monoisotopic (exact) mass is 384 g/mol. The highest BCUT2D eigenvalue weighted by atomic mass is 16.5. The van der Waals surface area contributed by atoms with Gasteiger partial charge in [-0.05, 0) is 29.2 Å². The van der Waals surface area contributed by atoms with E-state index in [-0.39, 0.29) is 25.3 Å². The molecule has 7 heteroatoms. The Morgan fingerprint density at radius 2 is 1.71 bits per heavy atom. The SMILES string of the molecule is O=C(O)CC1(NC(=O)CNC(=O)Cc2cccc3ccccc23)CCOCC1. The van der Waals surface area contributed by atoms with Crippen LogP contribution in [0, 0.1) is 0 Å². The summed E-state index contributed by atoms with van der Waals surface area (Å²) in [7, 11) is 0. The second-order valence-electron chi connectivity index (χ2n) is 7.10. The number of nitrogens with one attached hydrogen (secondary N) is 2. The maximum absolute atomic E-state index is 12.3. The average molecular weight is 384 g/mol. The van der Waals surface area contributed by atoms with Crippen molar-refractivity contribution in [2.45, 2.75) is 31.2 Å². The molecule has 1 saturated heterocycles. The van der Waals surface area contributed by atoms with Crippen LogP contribution in [0.5, 0.6) is 0 Å². The van der Waals surface area contributed by atoms with E-state index >= 15 is 0 Å². The predicted octanol–water partition coefficient (Wildman–Crippen LogP) is 1.64. The fraction of sp³-hybridized carbons (Fsp3) is 0.381. The predicted molar refractivity (Wildman–Crippen MR) is 104 cm³/mol. The van der Waals surface area contributed by atoms with Crippen LogP contribution >= 0.6 is 0 Å². The van der Waals surface area contributed by atoms with Crippen LogP contribution in [-0.2, 0) is 25.5 Å². The lowest BCUT2D eigenvalue weighted by molar-refractivity contribution is -0.140. The van der Waals surface area contributed by atoms with Gasteiger partial charge in [-0.1, -0.05) is 42.5 Å². The first kappa shape index (κ1) is 19.8. The van der Waals surface area contributed by atoms with Gasteiger partial charge in [-0.25, -0.2) is 0 Å². The average Bonchev–Trinajstić information content (AvgIpc) is 2.67. The molecule has 1 fully saturated rings. The molecule has 0 unspecified atom stereocenters. The minimum absolute atomic E-state index is 0.161. The first-order valence-electron chi connectivity index (χ1n) is 9.31. The van der Waals surface area contributed by atoms with Crippen molar-refractivity contribution < 1.29 is 24.2 Å². The molecule has 2 aromatic carbocycles. The lowest BCUT2D eigenvalue weighted by Gasteiger charge is -2.36. The van der Waals surface area contributed by atoms with Gasteiger partial charge in [-0.3, -0.25) is 14.4 Å². The third-order valence-electron chi connectivity index (χ3n) is 5.02. The topological polar surface area (TPSA) is 105 Å². The van der Waals surface area contributed by atoms with Gasteiger partial charge in [0, 0.05) is 13.2 Å². The molecule has 28 heavy (non-hydrogen) atoms. The zero-order valence-corrected chi connectivity index (χ0v) is 15.6. The molecule has 7 nitrogen and oxygen atoms in total. The highest BCUT2D eigenvalue weighted by Gasteiger charge is 2.36. The number of carboxylic acid groups (broad SMARTS) is 1. The van der Waals surface area contributed by atoms with Gasteiger partial charge in [0.1, 0.15) is 0 Å². The number of aliphatic carboxylic acids is 1. The molecule has 148 valence electrons. The summed E-state index contributed by atoms with van der Waals surface area (Å²) in [6.07, 6.45) is 0.888. The second-order valence-corrected chi connectivity index (χ2v) is 7.10. The van der Waals surface area contributed by atoms with Gasteiger partial charge < -0.3 is 20.5 Å². The number of amides is 2. The van der Waals surface area contributed by atoms with E-state index in [1.54, 1.807) is 0 Å². The van der Waals surface area contributed by atoms with Crippen molar-refractivity contribution in [2.75, 3.05) is 19.8 Å². The molecular weight excluding hydrogens is 360 g/mol. The molecule has 0 saturated carbocycles. The number of carbonyl (C=O) groups is 3. The number of carbonyl (C=O) groups excluding carboxylic acids is 2. The van der Waals surface area contributed by atoms with Crippen molar-refractivity contribution in [1.82, 2.24) is 10.6 Å². The maximum Gasteiger partial charge on any atom is 0.305 e. The summed E-state index contributed by atoms with van der Waals surface area (Å²) in [5.41, 5.74) is 0.0735. The molecule has 1 aliphatic heterocycles. The number of hydrogen-bond donors (Lipinski definition) is 3. The minimum atomic E-state index is -0.970. The third kappa shape index (κ3) is 5.07. The largest absolute Gasteiger partial charge is 0.481 e. The maximum atomic E-state index is 12.3. The van der Waals surface area contributed by atoms with E-state index in [9.17, 15) is 14.4 Å². The Balaban J connectivity index is 1.56. The summed E-state index contributed by atoms with van der Waals surface area (Å²) >= 11 is 0. The summed E-state index contributed by atoms with van der Waals surface area (Å²) in [4.78, 5) is 35.8. The standard InChI is InChI=1S/C21H24N2O5/c24-18(12-16-6-3-5-15-4-1-2-7-17(15)16)22-14-19(25)23-21(13-20(26)27)8-10-28-11-9-21/h1-7H,8-14H2,(H,22,24)(H,23,25)(H,26,27). The summed E-state index contributed by atoms with van der Waals surface area (Å²) in [6, 6.07) is 13.6. The zero-order chi connectivity index (χ0) is 20.0. The van der Waals surface area contributed by atoms with Crippen LogP contribution in [0.1, 0.15) is 24.8 Å². The van der Waals surface area contributed by atoms with Gasteiger partial charge in [-0.15, -0.1) is 0 Å². The van der Waals surface area contributed by atoms with E-state index in [2.05, 4.69) is 10.6 Å². The van der Waals surface area contributed by atoms with E-state index in [1.807, 2.05) is 42.5 Å². The molecule has 0 bridgehead atoms. The normalized spacial score (nSPS) is 15.7. The Bertz CT molecular complexity index is 869. The van der Waals surface area contributed by atoms with Crippen LogP contribution in [0.4, 0.5) is 0 Å². The summed E-state index contributed by atoms with van der Waals surface area (Å²) in [5, 5.41) is 16.6. The first-order valence-corrected chi connectivity index (χ1v) is 9.31. The molecule has 2 aromatic rings. The van der Waals surface area contributed by atoms with Crippen molar-refractivity contribution in [2.24, 2.45) is 0 Å². The van der Waals surface area contributed by atoms with Crippen molar-refractivity contribution in [3.8, 4) is 0 Å². The van der Waals surface area contributed by atoms with Crippen molar-refractivity contribution in [3.05, 3.63) is 48.0 Å². The number of rotatable bonds is 7. The van der Waals surface area contributed by atoms with E-state index in [1.165, 1.54) is 0 Å². The number of carboxylic acids is 1. The molecule has 1 heterocycles. The number of hydrogen-bond acceptors (Lipinski definition) is 4. The Hall–Kier alpha value is -2.93. The molecule has 0 aliphatic carbocycles. The number of ether oxygens (including phenoxy) is 1. The lowest BCUT2D eigenvalue weighted by atomic mass is 9.86. The van der Waals surface area contributed by atoms with Crippen LogP contribution in [0.3, 0.4) is 0 Å². The Labute approximate surface area is 163 Å². The quantitative estimate of drug-likeness (QED) is 0.673.